The number of nitro groups is 2. The van der Waals surface area contributed by atoms with E-state index in [1.807, 2.05) is 0 Å². The number of aromatic amines is 1. The van der Waals surface area contributed by atoms with Gasteiger partial charge in [0.25, 0.3) is 5.69 Å². The van der Waals surface area contributed by atoms with Gasteiger partial charge >= 0.3 is 5.69 Å². The van der Waals surface area contributed by atoms with E-state index in [1.54, 1.807) is 0 Å². The van der Waals surface area contributed by atoms with Gasteiger partial charge in [-0.05, 0) is 6.07 Å². The van der Waals surface area contributed by atoms with E-state index >= 15 is 0 Å². The molecule has 0 amide bonds. The van der Waals surface area contributed by atoms with Gasteiger partial charge in [-0.1, -0.05) is 0 Å². The number of H-pyrrole nitrogens is 1. The van der Waals surface area contributed by atoms with Gasteiger partial charge in [0.05, 0.1) is 15.9 Å². The second-order valence-corrected chi connectivity index (χ2v) is 3.01. The molecular formula is C8H4FN3O4. The van der Waals surface area contributed by atoms with Crippen molar-refractivity contribution >= 4 is 22.3 Å². The SMILES string of the molecule is O=[N+]([O-])c1cc([N+](=O)[O-])c2[nH]ccc2c1F. The van der Waals surface area contributed by atoms with Crippen LogP contribution in [0.3, 0.4) is 0 Å². The highest BCUT2D eigenvalue weighted by Gasteiger charge is 2.26. The number of non-ortho nitro benzene ring substituents is 1. The van der Waals surface area contributed by atoms with Crippen molar-refractivity contribution in [3.63, 3.8) is 0 Å². The fourth-order valence-corrected chi connectivity index (χ4v) is 1.44. The zero-order valence-corrected chi connectivity index (χ0v) is 7.64. The number of hydrogen-bond acceptors (Lipinski definition) is 4. The number of aromatic nitrogens is 1. The molecule has 0 aliphatic rings. The van der Waals surface area contributed by atoms with Gasteiger partial charge in [-0.2, -0.15) is 4.39 Å². The minimum Gasteiger partial charge on any atom is -0.356 e. The summed E-state index contributed by atoms with van der Waals surface area (Å²) in [7, 11) is 0. The Morgan fingerprint density at radius 1 is 1.19 bits per heavy atom. The second kappa shape index (κ2) is 3.26. The topological polar surface area (TPSA) is 102 Å². The Kier molecular flexibility index (Phi) is 2.04. The number of fused-ring (bicyclic) bond motifs is 1. The normalized spacial score (nSPS) is 10.6. The minimum absolute atomic E-state index is 0.0619. The van der Waals surface area contributed by atoms with Crippen LogP contribution in [0, 0.1) is 26.0 Å². The summed E-state index contributed by atoms with van der Waals surface area (Å²) in [6.07, 6.45) is 1.28. The molecule has 0 radical (unpaired) electrons. The molecule has 0 aliphatic carbocycles. The number of nitro benzene ring substituents is 2. The van der Waals surface area contributed by atoms with Gasteiger partial charge in [0, 0.05) is 11.6 Å². The third-order valence-corrected chi connectivity index (χ3v) is 2.13. The summed E-state index contributed by atoms with van der Waals surface area (Å²) >= 11 is 0. The summed E-state index contributed by atoms with van der Waals surface area (Å²) in [4.78, 5) is 21.8. The van der Waals surface area contributed by atoms with Crippen LogP contribution in [0.15, 0.2) is 18.3 Å². The van der Waals surface area contributed by atoms with Crippen LogP contribution in [0.5, 0.6) is 0 Å². The van der Waals surface area contributed by atoms with E-state index in [-0.39, 0.29) is 10.9 Å². The quantitative estimate of drug-likeness (QED) is 0.624. The maximum Gasteiger partial charge on any atom is 0.312 e. The van der Waals surface area contributed by atoms with Crippen molar-refractivity contribution in [3.8, 4) is 0 Å². The molecule has 0 bridgehead atoms. The zero-order chi connectivity index (χ0) is 11.9. The molecule has 0 spiro atoms. The number of nitrogens with one attached hydrogen (secondary N) is 1. The molecular weight excluding hydrogens is 221 g/mol. The lowest BCUT2D eigenvalue weighted by molar-refractivity contribution is -0.394. The Labute approximate surface area is 86.8 Å². The third kappa shape index (κ3) is 1.28. The monoisotopic (exact) mass is 225 g/mol. The van der Waals surface area contributed by atoms with Gasteiger partial charge in [-0.3, -0.25) is 20.2 Å². The first kappa shape index (κ1) is 10.0. The highest BCUT2D eigenvalue weighted by Crippen LogP contribution is 2.33. The molecule has 0 atom stereocenters. The lowest BCUT2D eigenvalue weighted by Crippen LogP contribution is -1.97. The smallest absolute Gasteiger partial charge is 0.312 e. The van der Waals surface area contributed by atoms with E-state index in [0.717, 1.165) is 0 Å². The first-order valence-electron chi connectivity index (χ1n) is 4.10. The lowest BCUT2D eigenvalue weighted by atomic mass is 10.2. The molecule has 0 saturated heterocycles. The molecule has 0 aliphatic heterocycles. The summed E-state index contributed by atoms with van der Waals surface area (Å²) in [5, 5.41) is 21.0. The van der Waals surface area contributed by atoms with E-state index in [1.165, 1.54) is 12.3 Å². The molecule has 1 aromatic heterocycles. The Bertz CT molecular complexity index is 607. The van der Waals surface area contributed by atoms with Gasteiger partial charge in [-0.25, -0.2) is 0 Å². The number of halogens is 1. The maximum atomic E-state index is 13.5. The Morgan fingerprint density at radius 3 is 2.38 bits per heavy atom. The number of hydrogen-bond donors (Lipinski definition) is 1. The van der Waals surface area contributed by atoms with E-state index in [2.05, 4.69) is 4.98 Å². The van der Waals surface area contributed by atoms with Crippen molar-refractivity contribution < 1.29 is 14.2 Å². The minimum atomic E-state index is -1.08. The van der Waals surface area contributed by atoms with Crippen LogP contribution >= 0.6 is 0 Å². The summed E-state index contributed by atoms with van der Waals surface area (Å²) in [6, 6.07) is 1.82. The summed E-state index contributed by atoms with van der Waals surface area (Å²) in [6.45, 7) is 0. The van der Waals surface area contributed by atoms with Crippen LogP contribution in [0.25, 0.3) is 10.9 Å². The molecule has 2 rings (SSSR count). The third-order valence-electron chi connectivity index (χ3n) is 2.13. The number of nitrogens with zero attached hydrogens (tertiary/aromatic N) is 2. The molecule has 7 nitrogen and oxygen atoms in total. The summed E-state index contributed by atoms with van der Waals surface area (Å²) in [5.41, 5.74) is -1.49. The van der Waals surface area contributed by atoms with Crippen molar-refractivity contribution in [1.29, 1.82) is 0 Å². The standard InChI is InChI=1S/C8H4FN3O4/c9-7-4-1-2-10-8(4)6(12(15)16)3-5(7)11(13)14/h1-3,10H. The van der Waals surface area contributed by atoms with Gasteiger partial charge in [0.1, 0.15) is 5.52 Å². The number of rotatable bonds is 2. The van der Waals surface area contributed by atoms with Crippen LogP contribution in [0.2, 0.25) is 0 Å². The predicted octanol–water partition coefficient (Wildman–Crippen LogP) is 2.12. The Morgan fingerprint density at radius 2 is 1.81 bits per heavy atom. The maximum absolute atomic E-state index is 13.5. The van der Waals surface area contributed by atoms with Crippen molar-refractivity contribution in [2.24, 2.45) is 0 Å². The second-order valence-electron chi connectivity index (χ2n) is 3.01. The van der Waals surface area contributed by atoms with Crippen molar-refractivity contribution in [2.75, 3.05) is 0 Å². The molecule has 0 fully saturated rings. The molecule has 1 aromatic carbocycles. The van der Waals surface area contributed by atoms with Gasteiger partial charge in [0.15, 0.2) is 0 Å². The van der Waals surface area contributed by atoms with Gasteiger partial charge < -0.3 is 4.98 Å². The van der Waals surface area contributed by atoms with Crippen LogP contribution in [0.4, 0.5) is 15.8 Å². The summed E-state index contributed by atoms with van der Waals surface area (Å²) < 4.78 is 13.5. The fraction of sp³-hybridized carbons (Fsp3) is 0. The molecule has 1 N–H and O–H groups in total. The van der Waals surface area contributed by atoms with E-state index in [0.29, 0.717) is 6.07 Å². The Hall–Kier alpha value is -2.51. The van der Waals surface area contributed by atoms with Crippen LogP contribution < -0.4 is 0 Å². The average molecular weight is 225 g/mol. The van der Waals surface area contributed by atoms with E-state index < -0.39 is 27.0 Å². The average Bonchev–Trinajstić information content (AvgIpc) is 2.66. The van der Waals surface area contributed by atoms with Crippen LogP contribution in [-0.4, -0.2) is 14.8 Å². The molecule has 0 saturated carbocycles. The molecule has 1 heterocycles. The largest absolute Gasteiger partial charge is 0.356 e. The summed E-state index contributed by atoms with van der Waals surface area (Å²) in [5.74, 6) is -1.08. The molecule has 0 unspecified atom stereocenters. The fourth-order valence-electron chi connectivity index (χ4n) is 1.44. The first-order chi connectivity index (χ1) is 7.52. The highest BCUT2D eigenvalue weighted by molar-refractivity contribution is 5.90. The van der Waals surface area contributed by atoms with E-state index in [4.69, 9.17) is 0 Å². The van der Waals surface area contributed by atoms with Crippen LogP contribution in [-0.2, 0) is 0 Å². The highest BCUT2D eigenvalue weighted by atomic mass is 19.1. The molecule has 82 valence electrons. The van der Waals surface area contributed by atoms with E-state index in [9.17, 15) is 24.6 Å². The molecule has 8 heteroatoms. The van der Waals surface area contributed by atoms with Crippen LogP contribution in [0.1, 0.15) is 0 Å². The predicted molar refractivity (Wildman–Crippen MR) is 51.6 cm³/mol. The van der Waals surface area contributed by atoms with Crippen molar-refractivity contribution in [3.05, 3.63) is 44.4 Å². The lowest BCUT2D eigenvalue weighted by Gasteiger charge is -1.97. The van der Waals surface area contributed by atoms with Gasteiger partial charge in [0.2, 0.25) is 5.82 Å². The van der Waals surface area contributed by atoms with Crippen molar-refractivity contribution in [2.45, 2.75) is 0 Å². The molecule has 16 heavy (non-hydrogen) atoms. The Balaban J connectivity index is 2.90. The van der Waals surface area contributed by atoms with Gasteiger partial charge in [-0.15, -0.1) is 0 Å². The molecule has 2 aromatic rings. The first-order valence-corrected chi connectivity index (χ1v) is 4.10. The zero-order valence-electron chi connectivity index (χ0n) is 7.64. The number of benzene rings is 1. The van der Waals surface area contributed by atoms with Crippen molar-refractivity contribution in [1.82, 2.24) is 4.98 Å².